The smallest absolute Gasteiger partial charge is 0.326 e. The predicted molar refractivity (Wildman–Crippen MR) is 336 cm³/mol. The third-order valence-electron chi connectivity index (χ3n) is 15.7. The van der Waals surface area contributed by atoms with E-state index in [-0.39, 0.29) is 115 Å². The number of unbranched alkanes of at least 4 members (excludes halogenated alkanes) is 2. The highest BCUT2D eigenvalue weighted by atomic mass is 32.2. The topological polar surface area (TPSA) is 418 Å². The fraction of sp³-hybridized carbons (Fsp3) is 0.317. The minimum absolute atomic E-state index is 0.00808. The Morgan fingerprint density at radius 2 is 1.45 bits per heavy atom. The number of carboxylic acid groups (broad SMARTS) is 1. The number of benzene rings is 4. The first-order valence-corrected chi connectivity index (χ1v) is 34.5. The summed E-state index contributed by atoms with van der Waals surface area (Å²) in [6.07, 6.45) is 9.27. The molecule has 0 unspecified atom stereocenters. The summed E-state index contributed by atoms with van der Waals surface area (Å²) in [4.78, 5) is 54.5. The molecule has 6 aromatic rings. The van der Waals surface area contributed by atoms with Crippen LogP contribution in [0, 0.1) is 0 Å². The summed E-state index contributed by atoms with van der Waals surface area (Å²) in [5, 5.41) is 16.0. The molecule has 91 heavy (non-hydrogen) atoms. The summed E-state index contributed by atoms with van der Waals surface area (Å²) in [7, 11) is -17.8. The molecule has 1 amide bonds. The number of aliphatic carboxylic acids is 1. The number of rotatable bonds is 25. The molecule has 5 heterocycles. The fourth-order valence-corrected chi connectivity index (χ4v) is 13.2. The number of aromatic nitrogens is 4. The number of allylic oxidation sites excluding steroid dienone is 5. The highest BCUT2D eigenvalue weighted by Gasteiger charge is 2.45. The molecule has 0 aliphatic carbocycles. The number of carbonyl (C=O) groups excluding carboxylic acids is 1. The number of nitrogens with one attached hydrogen (secondary N) is 3. The standard InChI is InChI=1S/C60H65N9O18S4/c1-59(2)44-32-42(90(80,81)82)18-20-47(44)68(26-5-7-29-88(74,75)76)50(59)23-13-37-25-28-86-49(22-24-51-60(3,4)45-33-43(91(83,84)85)19-21-48(45)69(51)27-6-8-30-89(77,78)79)53(37)87-41-16-9-36(10-17-41)31-46(57(72)73)65-55(70)38-11-14-39(15-12-38)62-34-40-35-63-54-52(64-40)56(71)67-58(61)66-54/h9-24,32-33,35,46H,5-8,25-31,34H2,1-4H3,(H9-,61,62,63,65,66,67,70,71,72,73,74,75,76,77,78,79,80,81,82,83,84,85)/p+1/t46-/m0/s1. The second-order valence-electron chi connectivity index (χ2n) is 22.8. The highest BCUT2D eigenvalue weighted by molar-refractivity contribution is 7.86. The van der Waals surface area contributed by atoms with Gasteiger partial charge in [0.15, 0.2) is 28.4 Å². The number of carboxylic acids is 1. The third kappa shape index (κ3) is 15.9. The van der Waals surface area contributed by atoms with Crippen molar-refractivity contribution in [1.82, 2.24) is 25.3 Å². The minimum Gasteiger partial charge on any atom is -0.489 e. The van der Waals surface area contributed by atoms with Crippen molar-refractivity contribution in [2.24, 2.45) is 0 Å². The van der Waals surface area contributed by atoms with Gasteiger partial charge in [-0.2, -0.15) is 43.2 Å². The van der Waals surface area contributed by atoms with Crippen molar-refractivity contribution in [2.75, 3.05) is 47.2 Å². The van der Waals surface area contributed by atoms with E-state index >= 15 is 0 Å². The van der Waals surface area contributed by atoms with Crippen molar-refractivity contribution in [3.8, 4) is 5.75 Å². The van der Waals surface area contributed by atoms with E-state index in [1.165, 1.54) is 48.7 Å². The summed E-state index contributed by atoms with van der Waals surface area (Å²) in [5.41, 5.74) is 8.95. The number of nitrogen functional groups attached to an aromatic ring is 1. The van der Waals surface area contributed by atoms with E-state index in [1.54, 1.807) is 60.7 Å². The van der Waals surface area contributed by atoms with Crippen molar-refractivity contribution in [3.05, 3.63) is 177 Å². The number of carbonyl (C=O) groups is 2. The summed E-state index contributed by atoms with van der Waals surface area (Å²) in [6, 6.07) is 19.6. The van der Waals surface area contributed by atoms with E-state index in [1.807, 2.05) is 43.2 Å². The molecule has 0 spiro atoms. The van der Waals surface area contributed by atoms with Gasteiger partial charge in [-0.25, -0.2) is 14.8 Å². The number of anilines is 3. The van der Waals surface area contributed by atoms with Gasteiger partial charge in [-0.15, -0.1) is 0 Å². The second kappa shape index (κ2) is 26.3. The van der Waals surface area contributed by atoms with Crippen molar-refractivity contribution in [2.45, 2.75) is 99.4 Å². The van der Waals surface area contributed by atoms with E-state index < -0.39 is 86.3 Å². The number of fused-ring (bicyclic) bond motifs is 3. The zero-order valence-corrected chi connectivity index (χ0v) is 52.8. The molecule has 31 heteroatoms. The fourth-order valence-electron chi connectivity index (χ4n) is 11.0. The Bertz CT molecular complexity index is 4580. The molecule has 0 radical (unpaired) electrons. The largest absolute Gasteiger partial charge is 0.489 e. The molecule has 10 N–H and O–H groups in total. The molecule has 0 saturated carbocycles. The Hall–Kier alpha value is -8.69. The van der Waals surface area contributed by atoms with Crippen LogP contribution in [0.25, 0.3) is 11.2 Å². The number of hydrogen-bond donors (Lipinski definition) is 9. The molecule has 0 saturated heterocycles. The summed E-state index contributed by atoms with van der Waals surface area (Å²) in [5.74, 6) is -2.40. The quantitative estimate of drug-likeness (QED) is 0.0170. The van der Waals surface area contributed by atoms with E-state index in [2.05, 4.69) is 30.6 Å². The number of nitrogens with two attached hydrogens (primary N) is 1. The van der Waals surface area contributed by atoms with Crippen LogP contribution in [0.3, 0.4) is 0 Å². The number of H-pyrrole nitrogens is 1. The lowest BCUT2D eigenvalue weighted by Crippen LogP contribution is -2.42. The Kier molecular flexibility index (Phi) is 19.3. The van der Waals surface area contributed by atoms with Crippen LogP contribution >= 0.6 is 0 Å². The van der Waals surface area contributed by atoms with Crippen molar-refractivity contribution >= 4 is 92.2 Å². The van der Waals surface area contributed by atoms with E-state index in [0.717, 1.165) is 0 Å². The Morgan fingerprint density at radius 1 is 0.802 bits per heavy atom. The number of ether oxygens (including phenoxy) is 2. The maximum absolute atomic E-state index is 13.5. The van der Waals surface area contributed by atoms with E-state index in [0.29, 0.717) is 56.4 Å². The first-order valence-electron chi connectivity index (χ1n) is 28.4. The Balaban J connectivity index is 1.02. The molecular formula is C60H66N9O18S4+. The van der Waals surface area contributed by atoms with Gasteiger partial charge in [0.2, 0.25) is 11.6 Å². The normalized spacial score (nSPS) is 16.9. The SMILES string of the molecule is CC1(C)C(=CC=C2OCCC(C=CC3=[N+](CCCCS(=O)(=O)O)c4ccc(S(=O)(=O)O)cc4C3(C)C)=C2Oc2ccc(C[C@H](NC(=O)c3ccc(NCc4cnc5nc(N)[nH]c(=O)c5n4)cc3)C(=O)O)cc2)N(CCCCS(=O)(=O)O)c2ccc(S(=O)(=O)O)cc21. The van der Waals surface area contributed by atoms with Gasteiger partial charge in [0.05, 0.1) is 51.8 Å². The van der Waals surface area contributed by atoms with Gasteiger partial charge in [0, 0.05) is 77.1 Å². The Morgan fingerprint density at radius 3 is 2.10 bits per heavy atom. The molecule has 0 bridgehead atoms. The van der Waals surface area contributed by atoms with Crippen LogP contribution in [0.5, 0.6) is 5.75 Å². The summed E-state index contributed by atoms with van der Waals surface area (Å²) < 4.78 is 150. The van der Waals surface area contributed by atoms with Crippen molar-refractivity contribution < 1.29 is 80.6 Å². The number of amides is 1. The van der Waals surface area contributed by atoms with Gasteiger partial charge in [0.1, 0.15) is 18.3 Å². The van der Waals surface area contributed by atoms with Gasteiger partial charge >= 0.3 is 5.97 Å². The van der Waals surface area contributed by atoms with Crippen LogP contribution < -0.4 is 31.6 Å². The van der Waals surface area contributed by atoms with Crippen molar-refractivity contribution in [1.29, 1.82) is 0 Å². The third-order valence-corrected chi connectivity index (χ3v) is 19.0. The lowest BCUT2D eigenvalue weighted by atomic mass is 9.81. The van der Waals surface area contributed by atoms with Crippen LogP contribution in [0.1, 0.15) is 92.5 Å². The average molecular weight is 1330 g/mol. The van der Waals surface area contributed by atoms with Gasteiger partial charge < -0.3 is 35.8 Å². The van der Waals surface area contributed by atoms with Gasteiger partial charge in [-0.05, 0) is 129 Å². The Labute approximate surface area is 524 Å². The maximum atomic E-state index is 13.5. The lowest BCUT2D eigenvalue weighted by Gasteiger charge is -2.27. The number of aromatic amines is 1. The number of hydrogen-bond acceptors (Lipinski definition) is 19. The molecule has 3 aliphatic heterocycles. The molecular weight excluding hydrogens is 1260 g/mol. The molecule has 4 aromatic carbocycles. The van der Waals surface area contributed by atoms with Crippen LogP contribution in [0.2, 0.25) is 0 Å². The first kappa shape index (κ1) is 66.7. The molecule has 3 aliphatic rings. The highest BCUT2D eigenvalue weighted by Crippen LogP contribution is 2.49. The molecule has 2 aromatic heterocycles. The predicted octanol–water partition coefficient (Wildman–Crippen LogP) is 6.41. The van der Waals surface area contributed by atoms with Crippen LogP contribution in [0.4, 0.5) is 23.0 Å². The average Bonchev–Trinajstić information content (AvgIpc) is 1.60. The van der Waals surface area contributed by atoms with Gasteiger partial charge in [-0.1, -0.05) is 26.0 Å². The second-order valence-corrected chi connectivity index (χ2v) is 28.8. The summed E-state index contributed by atoms with van der Waals surface area (Å²) in [6.45, 7) is 8.09. The molecule has 9 rings (SSSR count). The molecule has 482 valence electrons. The van der Waals surface area contributed by atoms with E-state index in [4.69, 9.17) is 15.2 Å². The summed E-state index contributed by atoms with van der Waals surface area (Å²) >= 11 is 0. The van der Waals surface area contributed by atoms with Crippen LogP contribution in [-0.2, 0) is 73.8 Å². The molecule has 1 atom stereocenters. The monoisotopic (exact) mass is 1330 g/mol. The van der Waals surface area contributed by atoms with Gasteiger partial charge in [0.25, 0.3) is 51.9 Å². The van der Waals surface area contributed by atoms with Crippen LogP contribution in [0.15, 0.2) is 153 Å². The first-order chi connectivity index (χ1) is 42.7. The van der Waals surface area contributed by atoms with Gasteiger partial charge in [-0.3, -0.25) is 32.8 Å². The minimum atomic E-state index is -4.64. The maximum Gasteiger partial charge on any atom is 0.326 e. The van der Waals surface area contributed by atoms with Crippen molar-refractivity contribution in [3.63, 3.8) is 0 Å². The van der Waals surface area contributed by atoms with E-state index in [9.17, 15) is 71.4 Å². The molecule has 27 nitrogen and oxygen atoms in total. The zero-order valence-electron chi connectivity index (χ0n) is 49.5. The zero-order chi connectivity index (χ0) is 66.0. The van der Waals surface area contributed by atoms with Crippen LogP contribution in [-0.4, -0.2) is 136 Å². The number of nitrogens with zero attached hydrogens (tertiary/aromatic N) is 5. The lowest BCUT2D eigenvalue weighted by molar-refractivity contribution is -0.438. The molecule has 0 fully saturated rings.